The molecular formula is C10H7N3O2S. The van der Waals surface area contributed by atoms with Crippen molar-refractivity contribution in [3.8, 4) is 16.6 Å². The molecule has 3 rings (SSSR count). The van der Waals surface area contributed by atoms with Crippen molar-refractivity contribution in [3.63, 3.8) is 0 Å². The second-order valence-electron chi connectivity index (χ2n) is 3.10. The maximum Gasteiger partial charge on any atom is 0.276 e. The molecule has 0 unspecified atom stereocenters. The van der Waals surface area contributed by atoms with Gasteiger partial charge >= 0.3 is 0 Å². The molecule has 0 fully saturated rings. The Balaban J connectivity index is 2.16. The quantitative estimate of drug-likeness (QED) is 0.680. The van der Waals surface area contributed by atoms with E-state index in [1.54, 1.807) is 7.11 Å². The normalized spacial score (nSPS) is 10.8. The van der Waals surface area contributed by atoms with Gasteiger partial charge in [-0.25, -0.2) is 4.98 Å². The number of thiazole rings is 1. The van der Waals surface area contributed by atoms with E-state index in [1.165, 1.54) is 17.7 Å². The number of hydrogen-bond donors (Lipinski definition) is 0. The van der Waals surface area contributed by atoms with E-state index in [4.69, 9.17) is 9.15 Å². The number of aromatic nitrogens is 3. The minimum atomic E-state index is 0.445. The Morgan fingerprint density at radius 2 is 2.31 bits per heavy atom. The zero-order valence-electron chi connectivity index (χ0n) is 8.38. The molecule has 5 nitrogen and oxygen atoms in total. The van der Waals surface area contributed by atoms with Gasteiger partial charge in [-0.1, -0.05) is 0 Å². The summed E-state index contributed by atoms with van der Waals surface area (Å²) in [6.07, 6.45) is 1.29. The molecule has 2 heterocycles. The lowest BCUT2D eigenvalue weighted by Gasteiger charge is -1.96. The van der Waals surface area contributed by atoms with Gasteiger partial charge in [0.1, 0.15) is 5.75 Å². The molecule has 0 radical (unpaired) electrons. The van der Waals surface area contributed by atoms with Crippen LogP contribution in [0.3, 0.4) is 0 Å². The van der Waals surface area contributed by atoms with Crippen molar-refractivity contribution in [2.75, 3.05) is 7.11 Å². The lowest BCUT2D eigenvalue weighted by Crippen LogP contribution is -1.80. The fourth-order valence-electron chi connectivity index (χ4n) is 1.39. The third-order valence-corrected chi connectivity index (χ3v) is 3.14. The molecule has 0 aliphatic carbocycles. The second-order valence-corrected chi connectivity index (χ2v) is 4.13. The van der Waals surface area contributed by atoms with Gasteiger partial charge in [-0.3, -0.25) is 0 Å². The summed E-state index contributed by atoms with van der Waals surface area (Å²) in [6.45, 7) is 0. The van der Waals surface area contributed by atoms with Crippen LogP contribution in [-0.2, 0) is 0 Å². The SMILES string of the molecule is COc1ccc2nc(-c3nnco3)sc2c1. The van der Waals surface area contributed by atoms with E-state index in [0.29, 0.717) is 5.89 Å². The molecule has 1 aromatic carbocycles. The van der Waals surface area contributed by atoms with E-state index in [2.05, 4.69) is 15.2 Å². The zero-order valence-corrected chi connectivity index (χ0v) is 9.19. The Hall–Kier alpha value is -1.95. The smallest absolute Gasteiger partial charge is 0.276 e. The third-order valence-electron chi connectivity index (χ3n) is 2.14. The minimum Gasteiger partial charge on any atom is -0.497 e. The molecule has 16 heavy (non-hydrogen) atoms. The number of ether oxygens (including phenoxy) is 1. The summed E-state index contributed by atoms with van der Waals surface area (Å²) in [7, 11) is 1.64. The number of nitrogens with zero attached hydrogens (tertiary/aromatic N) is 3. The number of fused-ring (bicyclic) bond motifs is 1. The monoisotopic (exact) mass is 233 g/mol. The van der Waals surface area contributed by atoms with Gasteiger partial charge in [-0.15, -0.1) is 21.5 Å². The van der Waals surface area contributed by atoms with Crippen LogP contribution in [0.1, 0.15) is 0 Å². The topological polar surface area (TPSA) is 61.0 Å². The first-order valence-electron chi connectivity index (χ1n) is 4.58. The maximum absolute atomic E-state index is 5.15. The van der Waals surface area contributed by atoms with Crippen molar-refractivity contribution in [3.05, 3.63) is 24.6 Å². The summed E-state index contributed by atoms with van der Waals surface area (Å²) >= 11 is 1.50. The van der Waals surface area contributed by atoms with Crippen LogP contribution < -0.4 is 4.74 Å². The molecule has 0 saturated heterocycles. The highest BCUT2D eigenvalue weighted by atomic mass is 32.1. The molecule has 0 saturated carbocycles. The number of rotatable bonds is 2. The standard InChI is InChI=1S/C10H7N3O2S/c1-14-6-2-3-7-8(4-6)16-10(12-7)9-13-11-5-15-9/h2-5H,1H3. The van der Waals surface area contributed by atoms with Crippen LogP contribution in [0.15, 0.2) is 29.0 Å². The van der Waals surface area contributed by atoms with E-state index < -0.39 is 0 Å². The Labute approximate surface area is 94.7 Å². The van der Waals surface area contributed by atoms with Gasteiger partial charge in [0, 0.05) is 0 Å². The predicted molar refractivity (Wildman–Crippen MR) is 59.5 cm³/mol. The fourth-order valence-corrected chi connectivity index (χ4v) is 2.31. The van der Waals surface area contributed by atoms with Crippen LogP contribution >= 0.6 is 11.3 Å². The number of hydrogen-bond acceptors (Lipinski definition) is 6. The van der Waals surface area contributed by atoms with Crippen LogP contribution in [0.25, 0.3) is 21.1 Å². The second kappa shape index (κ2) is 3.57. The van der Waals surface area contributed by atoms with E-state index in [9.17, 15) is 0 Å². The van der Waals surface area contributed by atoms with Gasteiger partial charge in [-0.2, -0.15) is 0 Å². The lowest BCUT2D eigenvalue weighted by molar-refractivity contribution is 0.415. The van der Waals surface area contributed by atoms with E-state index in [-0.39, 0.29) is 0 Å². The Morgan fingerprint density at radius 1 is 1.38 bits per heavy atom. The van der Waals surface area contributed by atoms with Gasteiger partial charge in [0.05, 0.1) is 17.3 Å². The highest BCUT2D eigenvalue weighted by Crippen LogP contribution is 2.30. The van der Waals surface area contributed by atoms with Gasteiger partial charge < -0.3 is 9.15 Å². The molecule has 0 amide bonds. The van der Waals surface area contributed by atoms with Crippen LogP contribution in [0.4, 0.5) is 0 Å². The van der Waals surface area contributed by atoms with Gasteiger partial charge in [0.25, 0.3) is 5.89 Å². The summed E-state index contributed by atoms with van der Waals surface area (Å²) in [5.41, 5.74) is 0.902. The predicted octanol–water partition coefficient (Wildman–Crippen LogP) is 2.35. The summed E-state index contributed by atoms with van der Waals surface area (Å²) in [5, 5.41) is 8.18. The van der Waals surface area contributed by atoms with Gasteiger partial charge in [0.15, 0.2) is 5.01 Å². The molecular weight excluding hydrogens is 226 g/mol. The molecule has 2 aromatic heterocycles. The highest BCUT2D eigenvalue weighted by molar-refractivity contribution is 7.21. The average Bonchev–Trinajstić information content (AvgIpc) is 2.96. The highest BCUT2D eigenvalue weighted by Gasteiger charge is 2.10. The zero-order chi connectivity index (χ0) is 11.0. The van der Waals surface area contributed by atoms with Crippen molar-refractivity contribution in [2.24, 2.45) is 0 Å². The van der Waals surface area contributed by atoms with E-state index in [0.717, 1.165) is 21.0 Å². The van der Waals surface area contributed by atoms with Crippen molar-refractivity contribution in [2.45, 2.75) is 0 Å². The van der Waals surface area contributed by atoms with Crippen LogP contribution in [0, 0.1) is 0 Å². The molecule has 0 atom stereocenters. The summed E-state index contributed by atoms with van der Waals surface area (Å²) < 4.78 is 11.3. The van der Waals surface area contributed by atoms with Crippen LogP contribution in [-0.4, -0.2) is 22.3 Å². The molecule has 0 spiro atoms. The molecule has 0 aliphatic heterocycles. The van der Waals surface area contributed by atoms with Gasteiger partial charge in [0.2, 0.25) is 6.39 Å². The number of methoxy groups -OCH3 is 1. The average molecular weight is 233 g/mol. The molecule has 80 valence electrons. The number of benzene rings is 1. The first kappa shape index (κ1) is 9.29. The van der Waals surface area contributed by atoms with Gasteiger partial charge in [-0.05, 0) is 18.2 Å². The molecule has 0 bridgehead atoms. The largest absolute Gasteiger partial charge is 0.497 e. The van der Waals surface area contributed by atoms with E-state index in [1.807, 2.05) is 18.2 Å². The van der Waals surface area contributed by atoms with Crippen molar-refractivity contribution >= 4 is 21.6 Å². The fraction of sp³-hybridized carbons (Fsp3) is 0.100. The first-order chi connectivity index (χ1) is 7.86. The summed E-state index contributed by atoms with van der Waals surface area (Å²) in [4.78, 5) is 4.40. The summed E-state index contributed by atoms with van der Waals surface area (Å²) in [6, 6.07) is 5.72. The Kier molecular flexibility index (Phi) is 2.07. The Bertz CT molecular complexity index is 618. The van der Waals surface area contributed by atoms with Crippen molar-refractivity contribution < 1.29 is 9.15 Å². The third kappa shape index (κ3) is 1.43. The minimum absolute atomic E-state index is 0.445. The first-order valence-corrected chi connectivity index (χ1v) is 5.39. The van der Waals surface area contributed by atoms with E-state index >= 15 is 0 Å². The molecule has 0 N–H and O–H groups in total. The van der Waals surface area contributed by atoms with Crippen molar-refractivity contribution in [1.82, 2.24) is 15.2 Å². The summed E-state index contributed by atoms with van der Waals surface area (Å²) in [5.74, 6) is 1.26. The van der Waals surface area contributed by atoms with Crippen molar-refractivity contribution in [1.29, 1.82) is 0 Å². The molecule has 6 heteroatoms. The van der Waals surface area contributed by atoms with Crippen LogP contribution in [0.5, 0.6) is 5.75 Å². The maximum atomic E-state index is 5.15. The molecule has 0 aliphatic rings. The Morgan fingerprint density at radius 3 is 3.06 bits per heavy atom. The van der Waals surface area contributed by atoms with Crippen LogP contribution in [0.2, 0.25) is 0 Å². The molecule has 3 aromatic rings. The lowest BCUT2D eigenvalue weighted by atomic mass is 10.3.